The van der Waals surface area contributed by atoms with Crippen molar-refractivity contribution in [3.8, 4) is 5.69 Å². The molecule has 0 aliphatic rings. The van der Waals surface area contributed by atoms with E-state index < -0.39 is 23.2 Å². The highest BCUT2D eigenvalue weighted by Crippen LogP contribution is 2.20. The maximum absolute atomic E-state index is 14.1. The summed E-state index contributed by atoms with van der Waals surface area (Å²) < 4.78 is 15.4. The molecule has 0 fully saturated rings. The van der Waals surface area contributed by atoms with E-state index in [9.17, 15) is 19.1 Å². The van der Waals surface area contributed by atoms with Gasteiger partial charge in [0.1, 0.15) is 22.9 Å². The highest BCUT2D eigenvalue weighted by molar-refractivity contribution is 5.94. The van der Waals surface area contributed by atoms with E-state index in [4.69, 9.17) is 0 Å². The van der Waals surface area contributed by atoms with Crippen LogP contribution in [0.2, 0.25) is 0 Å². The molecule has 1 amide bonds. The van der Waals surface area contributed by atoms with Crippen LogP contribution in [0.1, 0.15) is 56.5 Å². The molecule has 2 rings (SSSR count). The number of aliphatic carboxylic acids is 1. The Morgan fingerprint density at radius 2 is 2.00 bits per heavy atom. The standard InChI is InChI=1S/C17H21FN4O3/c1-5-17(4,16(24)25)20-15(23)13-19-14(10(2)3)22(21-13)12-9-7-6-8-11(12)18/h6-10H,5H2,1-4H3,(H,20,23)(H,24,25). The van der Waals surface area contributed by atoms with Gasteiger partial charge in [-0.1, -0.05) is 32.9 Å². The van der Waals surface area contributed by atoms with Crippen LogP contribution in [0.3, 0.4) is 0 Å². The van der Waals surface area contributed by atoms with Gasteiger partial charge in [0.15, 0.2) is 0 Å². The van der Waals surface area contributed by atoms with Gasteiger partial charge in [-0.25, -0.2) is 18.9 Å². The quantitative estimate of drug-likeness (QED) is 0.836. The predicted octanol–water partition coefficient (Wildman–Crippen LogP) is 2.51. The van der Waals surface area contributed by atoms with Crippen molar-refractivity contribution >= 4 is 11.9 Å². The van der Waals surface area contributed by atoms with Crippen LogP contribution in [-0.2, 0) is 4.79 Å². The van der Waals surface area contributed by atoms with Gasteiger partial charge in [-0.2, -0.15) is 0 Å². The van der Waals surface area contributed by atoms with Gasteiger partial charge in [0, 0.05) is 5.92 Å². The first-order valence-corrected chi connectivity index (χ1v) is 7.97. The number of halogens is 1. The summed E-state index contributed by atoms with van der Waals surface area (Å²) in [5, 5.41) is 15.8. The normalized spacial score (nSPS) is 13.5. The number of nitrogens with one attached hydrogen (secondary N) is 1. The third kappa shape index (κ3) is 3.67. The van der Waals surface area contributed by atoms with E-state index in [1.54, 1.807) is 19.1 Å². The Bertz CT molecular complexity index is 803. The number of hydrogen-bond donors (Lipinski definition) is 2. The molecule has 2 N–H and O–H groups in total. The molecule has 0 spiro atoms. The Hall–Kier alpha value is -2.77. The molecule has 0 aliphatic heterocycles. The highest BCUT2D eigenvalue weighted by atomic mass is 19.1. The number of para-hydroxylation sites is 1. The summed E-state index contributed by atoms with van der Waals surface area (Å²) >= 11 is 0. The number of nitrogens with zero attached hydrogens (tertiary/aromatic N) is 3. The summed E-state index contributed by atoms with van der Waals surface area (Å²) in [5.41, 5.74) is -1.26. The molecule has 7 nitrogen and oxygen atoms in total. The lowest BCUT2D eigenvalue weighted by molar-refractivity contribution is -0.143. The number of carbonyl (C=O) groups excluding carboxylic acids is 1. The van der Waals surface area contributed by atoms with Crippen LogP contribution in [0.15, 0.2) is 24.3 Å². The van der Waals surface area contributed by atoms with Gasteiger partial charge in [0.05, 0.1) is 0 Å². The third-order valence-corrected chi connectivity index (χ3v) is 4.00. The van der Waals surface area contributed by atoms with Gasteiger partial charge in [0.25, 0.3) is 5.91 Å². The zero-order chi connectivity index (χ0) is 18.8. The van der Waals surface area contributed by atoms with E-state index in [1.165, 1.54) is 23.7 Å². The maximum atomic E-state index is 14.1. The Balaban J connectivity index is 2.44. The first-order valence-electron chi connectivity index (χ1n) is 7.97. The number of benzene rings is 1. The van der Waals surface area contributed by atoms with Gasteiger partial charge >= 0.3 is 5.97 Å². The molecule has 1 atom stereocenters. The lowest BCUT2D eigenvalue weighted by Gasteiger charge is -2.23. The minimum Gasteiger partial charge on any atom is -0.480 e. The third-order valence-electron chi connectivity index (χ3n) is 4.00. The monoisotopic (exact) mass is 348 g/mol. The fourth-order valence-electron chi connectivity index (χ4n) is 2.19. The van der Waals surface area contributed by atoms with Crippen LogP contribution < -0.4 is 5.32 Å². The lowest BCUT2D eigenvalue weighted by atomic mass is 9.99. The van der Waals surface area contributed by atoms with E-state index >= 15 is 0 Å². The molecule has 1 heterocycles. The first-order chi connectivity index (χ1) is 11.7. The van der Waals surface area contributed by atoms with Crippen LogP contribution in [0.5, 0.6) is 0 Å². The number of hydrogen-bond acceptors (Lipinski definition) is 4. The molecule has 8 heteroatoms. The van der Waals surface area contributed by atoms with Crippen molar-refractivity contribution in [2.45, 2.75) is 45.6 Å². The molecule has 0 aliphatic carbocycles. The Morgan fingerprint density at radius 3 is 2.52 bits per heavy atom. The van der Waals surface area contributed by atoms with Crippen LogP contribution in [-0.4, -0.2) is 37.3 Å². The Labute approximate surface area is 144 Å². The molecule has 0 bridgehead atoms. The average Bonchev–Trinajstić information content (AvgIpc) is 3.00. The van der Waals surface area contributed by atoms with Crippen molar-refractivity contribution in [2.24, 2.45) is 0 Å². The molecule has 1 aromatic carbocycles. The summed E-state index contributed by atoms with van der Waals surface area (Å²) in [7, 11) is 0. The fraction of sp³-hybridized carbons (Fsp3) is 0.412. The molecule has 25 heavy (non-hydrogen) atoms. The molecular formula is C17H21FN4O3. The second-order valence-electron chi connectivity index (χ2n) is 6.26. The van der Waals surface area contributed by atoms with Crippen molar-refractivity contribution in [1.82, 2.24) is 20.1 Å². The second kappa shape index (κ2) is 7.00. The molecule has 1 unspecified atom stereocenters. The number of carbonyl (C=O) groups is 2. The van der Waals surface area contributed by atoms with Gasteiger partial charge < -0.3 is 10.4 Å². The van der Waals surface area contributed by atoms with Crippen molar-refractivity contribution in [2.75, 3.05) is 0 Å². The van der Waals surface area contributed by atoms with Gasteiger partial charge in [-0.05, 0) is 25.5 Å². The molecule has 134 valence electrons. The van der Waals surface area contributed by atoms with Crippen LogP contribution in [0.4, 0.5) is 4.39 Å². The van der Waals surface area contributed by atoms with Crippen LogP contribution in [0, 0.1) is 5.82 Å². The maximum Gasteiger partial charge on any atom is 0.329 e. The second-order valence-corrected chi connectivity index (χ2v) is 6.26. The molecular weight excluding hydrogens is 327 g/mol. The predicted molar refractivity (Wildman–Crippen MR) is 89.2 cm³/mol. The largest absolute Gasteiger partial charge is 0.480 e. The van der Waals surface area contributed by atoms with E-state index in [-0.39, 0.29) is 23.9 Å². The van der Waals surface area contributed by atoms with Crippen LogP contribution >= 0.6 is 0 Å². The van der Waals surface area contributed by atoms with Crippen molar-refractivity contribution in [3.05, 3.63) is 41.7 Å². The van der Waals surface area contributed by atoms with Crippen molar-refractivity contribution < 1.29 is 19.1 Å². The van der Waals surface area contributed by atoms with Gasteiger partial charge in [-0.15, -0.1) is 5.10 Å². The molecule has 0 saturated heterocycles. The Morgan fingerprint density at radius 1 is 1.36 bits per heavy atom. The summed E-state index contributed by atoms with van der Waals surface area (Å²) in [6.45, 7) is 6.75. The number of carboxylic acids is 1. The van der Waals surface area contributed by atoms with Crippen molar-refractivity contribution in [1.29, 1.82) is 0 Å². The number of rotatable bonds is 6. The number of amides is 1. The summed E-state index contributed by atoms with van der Waals surface area (Å²) in [6.07, 6.45) is 0.194. The Kier molecular flexibility index (Phi) is 5.20. The van der Waals surface area contributed by atoms with E-state index in [2.05, 4.69) is 15.4 Å². The van der Waals surface area contributed by atoms with Crippen molar-refractivity contribution in [3.63, 3.8) is 0 Å². The smallest absolute Gasteiger partial charge is 0.329 e. The van der Waals surface area contributed by atoms with Gasteiger partial charge in [0.2, 0.25) is 5.82 Å². The average molecular weight is 348 g/mol. The topological polar surface area (TPSA) is 97.1 Å². The molecule has 0 radical (unpaired) electrons. The van der Waals surface area contributed by atoms with E-state index in [1.807, 2.05) is 13.8 Å². The number of aromatic nitrogens is 3. The lowest BCUT2D eigenvalue weighted by Crippen LogP contribution is -2.52. The SMILES string of the molecule is CCC(C)(NC(=O)c1nc(C(C)C)n(-c2ccccc2F)n1)C(=O)O. The molecule has 1 aromatic heterocycles. The summed E-state index contributed by atoms with van der Waals surface area (Å²) in [4.78, 5) is 28.0. The molecule has 2 aromatic rings. The van der Waals surface area contributed by atoms with E-state index in [0.717, 1.165) is 0 Å². The van der Waals surface area contributed by atoms with E-state index in [0.29, 0.717) is 5.82 Å². The summed E-state index contributed by atoms with van der Waals surface area (Å²) in [5.74, 6) is -2.28. The zero-order valence-electron chi connectivity index (χ0n) is 14.6. The highest BCUT2D eigenvalue weighted by Gasteiger charge is 2.34. The summed E-state index contributed by atoms with van der Waals surface area (Å²) in [6, 6.07) is 6.03. The van der Waals surface area contributed by atoms with Gasteiger partial charge in [-0.3, -0.25) is 4.79 Å². The molecule has 0 saturated carbocycles. The first kappa shape index (κ1) is 18.6. The fourth-order valence-corrected chi connectivity index (χ4v) is 2.19. The van der Waals surface area contributed by atoms with Crippen LogP contribution in [0.25, 0.3) is 5.69 Å². The number of carboxylic acid groups (broad SMARTS) is 1. The zero-order valence-corrected chi connectivity index (χ0v) is 14.6. The minimum atomic E-state index is -1.43. The minimum absolute atomic E-state index is 0.120.